The molecule has 1 heterocycles. The van der Waals surface area contributed by atoms with Gasteiger partial charge in [-0.1, -0.05) is 23.8 Å². The summed E-state index contributed by atoms with van der Waals surface area (Å²) in [5.74, 6) is 0. The average Bonchev–Trinajstić information content (AvgIpc) is 2.75. The van der Waals surface area contributed by atoms with Crippen molar-refractivity contribution >= 4 is 10.9 Å². The number of hydrogen-bond donors (Lipinski definition) is 0. The standard InChI is InChI=1S/C17H14N2/c1-12-3-8-16-15(9-12)10-17(19(16)2)14-6-4-13(11-18)5-7-14/h3-10H,1-2H3. The Morgan fingerprint density at radius 2 is 1.74 bits per heavy atom. The summed E-state index contributed by atoms with van der Waals surface area (Å²) in [5, 5.41) is 10.1. The molecule has 0 radical (unpaired) electrons. The molecule has 0 aliphatic carbocycles. The predicted octanol–water partition coefficient (Wildman–Crippen LogP) is 4.03. The molecule has 0 N–H and O–H groups in total. The van der Waals surface area contributed by atoms with Crippen molar-refractivity contribution in [2.45, 2.75) is 6.92 Å². The van der Waals surface area contributed by atoms with Crippen molar-refractivity contribution < 1.29 is 0 Å². The first-order chi connectivity index (χ1) is 9.19. The van der Waals surface area contributed by atoms with Crippen LogP contribution in [0.3, 0.4) is 0 Å². The van der Waals surface area contributed by atoms with Crippen LogP contribution in [0.25, 0.3) is 22.2 Å². The first-order valence-corrected chi connectivity index (χ1v) is 6.25. The lowest BCUT2D eigenvalue weighted by Gasteiger charge is -2.04. The normalized spacial score (nSPS) is 10.6. The highest BCUT2D eigenvalue weighted by atomic mass is 14.9. The van der Waals surface area contributed by atoms with E-state index in [1.54, 1.807) is 0 Å². The van der Waals surface area contributed by atoms with Crippen LogP contribution in [0.5, 0.6) is 0 Å². The van der Waals surface area contributed by atoms with Crippen LogP contribution in [-0.2, 0) is 7.05 Å². The highest BCUT2D eigenvalue weighted by molar-refractivity contribution is 5.87. The van der Waals surface area contributed by atoms with Crippen molar-refractivity contribution in [2.24, 2.45) is 7.05 Å². The summed E-state index contributed by atoms with van der Waals surface area (Å²) in [5.41, 5.74) is 5.49. The minimum absolute atomic E-state index is 0.693. The fraction of sp³-hybridized carbons (Fsp3) is 0.118. The van der Waals surface area contributed by atoms with Gasteiger partial charge in [-0.25, -0.2) is 0 Å². The molecule has 0 spiro atoms. The third kappa shape index (κ3) is 1.90. The summed E-state index contributed by atoms with van der Waals surface area (Å²) in [7, 11) is 2.07. The first kappa shape index (κ1) is 11.6. The van der Waals surface area contributed by atoms with E-state index in [0.717, 1.165) is 5.56 Å². The quantitative estimate of drug-likeness (QED) is 0.637. The van der Waals surface area contributed by atoms with Crippen LogP contribution in [0.15, 0.2) is 48.5 Å². The summed E-state index contributed by atoms with van der Waals surface area (Å²) >= 11 is 0. The molecule has 0 bridgehead atoms. The first-order valence-electron chi connectivity index (χ1n) is 6.25. The Balaban J connectivity index is 2.19. The van der Waals surface area contributed by atoms with Crippen LogP contribution in [-0.4, -0.2) is 4.57 Å². The Hall–Kier alpha value is -2.53. The fourth-order valence-corrected chi connectivity index (χ4v) is 2.46. The maximum Gasteiger partial charge on any atom is 0.0991 e. The zero-order valence-electron chi connectivity index (χ0n) is 11.0. The van der Waals surface area contributed by atoms with Gasteiger partial charge in [-0.2, -0.15) is 5.26 Å². The largest absolute Gasteiger partial charge is 0.344 e. The van der Waals surface area contributed by atoms with E-state index in [1.807, 2.05) is 24.3 Å². The monoisotopic (exact) mass is 246 g/mol. The van der Waals surface area contributed by atoms with Crippen molar-refractivity contribution in [3.63, 3.8) is 0 Å². The topological polar surface area (TPSA) is 28.7 Å². The molecule has 0 saturated carbocycles. The second kappa shape index (κ2) is 4.29. The van der Waals surface area contributed by atoms with E-state index in [9.17, 15) is 0 Å². The van der Waals surface area contributed by atoms with E-state index < -0.39 is 0 Å². The molecule has 1 aromatic heterocycles. The molecule has 0 atom stereocenters. The maximum absolute atomic E-state index is 8.84. The summed E-state index contributed by atoms with van der Waals surface area (Å²) in [4.78, 5) is 0. The van der Waals surface area contributed by atoms with Crippen molar-refractivity contribution in [3.8, 4) is 17.3 Å². The van der Waals surface area contributed by atoms with Gasteiger partial charge >= 0.3 is 0 Å². The third-order valence-electron chi connectivity index (χ3n) is 3.51. The minimum atomic E-state index is 0.693. The second-order valence-corrected chi connectivity index (χ2v) is 4.84. The molecule has 92 valence electrons. The number of aromatic nitrogens is 1. The Morgan fingerprint density at radius 3 is 2.42 bits per heavy atom. The Bertz CT molecular complexity index is 786. The second-order valence-electron chi connectivity index (χ2n) is 4.84. The molecule has 0 fully saturated rings. The number of nitriles is 1. The molecule has 0 unspecified atom stereocenters. The van der Waals surface area contributed by atoms with E-state index in [4.69, 9.17) is 5.26 Å². The zero-order chi connectivity index (χ0) is 13.4. The van der Waals surface area contributed by atoms with Gasteiger partial charge in [0.2, 0.25) is 0 Å². The van der Waals surface area contributed by atoms with Crippen LogP contribution in [0.2, 0.25) is 0 Å². The van der Waals surface area contributed by atoms with Gasteiger partial charge in [-0.05, 0) is 42.8 Å². The zero-order valence-corrected chi connectivity index (χ0v) is 11.0. The lowest BCUT2D eigenvalue weighted by atomic mass is 10.1. The fourth-order valence-electron chi connectivity index (χ4n) is 2.46. The maximum atomic E-state index is 8.84. The van der Waals surface area contributed by atoms with Gasteiger partial charge in [0.1, 0.15) is 0 Å². The van der Waals surface area contributed by atoms with E-state index in [1.165, 1.54) is 22.2 Å². The van der Waals surface area contributed by atoms with Crippen LogP contribution < -0.4 is 0 Å². The molecular formula is C17H14N2. The number of fused-ring (bicyclic) bond motifs is 1. The molecule has 3 rings (SSSR count). The molecule has 2 aromatic carbocycles. The highest BCUT2D eigenvalue weighted by Gasteiger charge is 2.07. The molecule has 2 heteroatoms. The van der Waals surface area contributed by atoms with E-state index in [2.05, 4.69) is 48.9 Å². The van der Waals surface area contributed by atoms with Gasteiger partial charge < -0.3 is 4.57 Å². The van der Waals surface area contributed by atoms with Gasteiger partial charge in [-0.3, -0.25) is 0 Å². The van der Waals surface area contributed by atoms with Gasteiger partial charge in [0.15, 0.2) is 0 Å². The number of nitrogens with zero attached hydrogens (tertiary/aromatic N) is 2. The summed E-state index contributed by atoms with van der Waals surface area (Å²) in [6, 6.07) is 18.5. The molecule has 3 aromatic rings. The van der Waals surface area contributed by atoms with Crippen molar-refractivity contribution in [2.75, 3.05) is 0 Å². The van der Waals surface area contributed by atoms with Gasteiger partial charge in [0.25, 0.3) is 0 Å². The van der Waals surface area contributed by atoms with Gasteiger partial charge in [0.05, 0.1) is 11.6 Å². The molecule has 0 aliphatic rings. The van der Waals surface area contributed by atoms with Gasteiger partial charge in [0, 0.05) is 23.6 Å². The number of hydrogen-bond acceptors (Lipinski definition) is 1. The van der Waals surface area contributed by atoms with E-state index >= 15 is 0 Å². The molecular weight excluding hydrogens is 232 g/mol. The van der Waals surface area contributed by atoms with Crippen molar-refractivity contribution in [1.29, 1.82) is 5.26 Å². The molecule has 19 heavy (non-hydrogen) atoms. The van der Waals surface area contributed by atoms with Crippen LogP contribution in [0.1, 0.15) is 11.1 Å². The Labute approximate surface area is 112 Å². The highest BCUT2D eigenvalue weighted by Crippen LogP contribution is 2.27. The summed E-state index contributed by atoms with van der Waals surface area (Å²) < 4.78 is 2.19. The number of rotatable bonds is 1. The van der Waals surface area contributed by atoms with Crippen LogP contribution in [0.4, 0.5) is 0 Å². The molecule has 0 aliphatic heterocycles. The number of benzene rings is 2. The molecule has 0 amide bonds. The lowest BCUT2D eigenvalue weighted by Crippen LogP contribution is -1.91. The predicted molar refractivity (Wildman–Crippen MR) is 77.8 cm³/mol. The van der Waals surface area contributed by atoms with Crippen molar-refractivity contribution in [3.05, 3.63) is 59.7 Å². The van der Waals surface area contributed by atoms with Gasteiger partial charge in [-0.15, -0.1) is 0 Å². The van der Waals surface area contributed by atoms with E-state index in [-0.39, 0.29) is 0 Å². The Morgan fingerprint density at radius 1 is 1.00 bits per heavy atom. The van der Waals surface area contributed by atoms with Crippen LogP contribution >= 0.6 is 0 Å². The number of aryl methyl sites for hydroxylation is 2. The average molecular weight is 246 g/mol. The smallest absolute Gasteiger partial charge is 0.0991 e. The lowest BCUT2D eigenvalue weighted by molar-refractivity contribution is 0.978. The van der Waals surface area contributed by atoms with E-state index in [0.29, 0.717) is 5.56 Å². The van der Waals surface area contributed by atoms with Crippen LogP contribution in [0, 0.1) is 18.3 Å². The third-order valence-corrected chi connectivity index (χ3v) is 3.51. The van der Waals surface area contributed by atoms with Crippen molar-refractivity contribution in [1.82, 2.24) is 4.57 Å². The Kier molecular flexibility index (Phi) is 2.61. The summed E-state index contributed by atoms with van der Waals surface area (Å²) in [6.07, 6.45) is 0. The SMILES string of the molecule is Cc1ccc2c(c1)cc(-c1ccc(C#N)cc1)n2C. The molecule has 0 saturated heterocycles. The molecule has 2 nitrogen and oxygen atoms in total. The minimum Gasteiger partial charge on any atom is -0.344 e. The summed E-state index contributed by atoms with van der Waals surface area (Å²) in [6.45, 7) is 2.10.